The highest BCUT2D eigenvalue weighted by atomic mass is 32.2. The van der Waals surface area contributed by atoms with Gasteiger partial charge in [0.2, 0.25) is 11.8 Å². The molecule has 1 aliphatic rings. The van der Waals surface area contributed by atoms with Gasteiger partial charge in [0.1, 0.15) is 5.75 Å². The first kappa shape index (κ1) is 13.7. The number of benzene rings is 1. The molecule has 8 heteroatoms. The maximum Gasteiger partial charge on any atom is 0.573 e. The van der Waals surface area contributed by atoms with E-state index in [-0.39, 0.29) is 29.0 Å². The number of hydrogen-bond acceptors (Lipinski definition) is 4. The van der Waals surface area contributed by atoms with Crippen LogP contribution in [0.15, 0.2) is 24.3 Å². The van der Waals surface area contributed by atoms with E-state index in [2.05, 4.69) is 4.74 Å². The van der Waals surface area contributed by atoms with Gasteiger partial charge in [0.25, 0.3) is 0 Å². The highest BCUT2D eigenvalue weighted by molar-refractivity contribution is 8.00. The van der Waals surface area contributed by atoms with Gasteiger partial charge < -0.3 is 4.74 Å². The van der Waals surface area contributed by atoms with Gasteiger partial charge in [-0.3, -0.25) is 9.59 Å². The Labute approximate surface area is 110 Å². The fraction of sp³-hybridized carbons (Fsp3) is 0.273. The van der Waals surface area contributed by atoms with Crippen LogP contribution in [0, 0.1) is 0 Å². The van der Waals surface area contributed by atoms with E-state index < -0.39 is 12.1 Å². The minimum absolute atomic E-state index is 0.173. The molecule has 1 aliphatic heterocycles. The molecule has 1 aromatic rings. The van der Waals surface area contributed by atoms with Crippen LogP contribution < -0.4 is 9.64 Å². The quantitative estimate of drug-likeness (QED) is 0.784. The van der Waals surface area contributed by atoms with Crippen molar-refractivity contribution in [3.8, 4) is 5.75 Å². The van der Waals surface area contributed by atoms with E-state index in [0.29, 0.717) is 0 Å². The van der Waals surface area contributed by atoms with E-state index in [9.17, 15) is 22.8 Å². The van der Waals surface area contributed by atoms with Crippen LogP contribution >= 0.6 is 11.8 Å². The molecular weight excluding hydrogens is 283 g/mol. The number of amides is 2. The molecule has 0 unspecified atom stereocenters. The van der Waals surface area contributed by atoms with Crippen LogP contribution in [-0.2, 0) is 9.59 Å². The molecule has 0 bridgehead atoms. The predicted octanol–water partition coefficient (Wildman–Crippen LogP) is 2.19. The van der Waals surface area contributed by atoms with E-state index in [1.807, 2.05) is 0 Å². The van der Waals surface area contributed by atoms with Crippen LogP contribution in [0.5, 0.6) is 5.75 Å². The summed E-state index contributed by atoms with van der Waals surface area (Å²) in [5, 5.41) is 0. The molecule has 1 heterocycles. The summed E-state index contributed by atoms with van der Waals surface area (Å²) in [6.07, 6.45) is -4.77. The number of rotatable bonds is 2. The zero-order chi connectivity index (χ0) is 14.0. The Hall–Kier alpha value is -1.70. The third-order valence-corrected chi connectivity index (χ3v) is 3.18. The Kier molecular flexibility index (Phi) is 3.70. The predicted molar refractivity (Wildman–Crippen MR) is 62.9 cm³/mol. The monoisotopic (exact) mass is 291 g/mol. The first-order valence-electron chi connectivity index (χ1n) is 5.16. The largest absolute Gasteiger partial charge is 0.573 e. The van der Waals surface area contributed by atoms with Crippen LogP contribution in [-0.4, -0.2) is 29.7 Å². The third kappa shape index (κ3) is 3.40. The summed E-state index contributed by atoms with van der Waals surface area (Å²) in [6.45, 7) is 0. The number of carbonyl (C=O) groups is 2. The number of alkyl halides is 3. The molecule has 0 spiro atoms. The van der Waals surface area contributed by atoms with E-state index in [0.717, 1.165) is 17.0 Å². The number of halogens is 3. The second-order valence-corrected chi connectivity index (χ2v) is 4.64. The van der Waals surface area contributed by atoms with Crippen LogP contribution in [0.4, 0.5) is 18.9 Å². The Morgan fingerprint density at radius 3 is 2.05 bits per heavy atom. The number of nitrogens with zero attached hydrogens (tertiary/aromatic N) is 1. The molecule has 0 radical (unpaired) electrons. The van der Waals surface area contributed by atoms with E-state index in [4.69, 9.17) is 0 Å². The average Bonchev–Trinajstić information content (AvgIpc) is 2.29. The zero-order valence-electron chi connectivity index (χ0n) is 9.44. The molecule has 4 nitrogen and oxygen atoms in total. The number of imide groups is 1. The van der Waals surface area contributed by atoms with Gasteiger partial charge in [-0.15, -0.1) is 24.9 Å². The fourth-order valence-corrected chi connectivity index (χ4v) is 2.29. The van der Waals surface area contributed by atoms with Gasteiger partial charge in [-0.1, -0.05) is 0 Å². The second kappa shape index (κ2) is 5.12. The van der Waals surface area contributed by atoms with Crippen molar-refractivity contribution in [3.05, 3.63) is 24.3 Å². The summed E-state index contributed by atoms with van der Waals surface area (Å²) < 4.78 is 39.6. The normalized spacial score (nSPS) is 16.7. The molecule has 19 heavy (non-hydrogen) atoms. The lowest BCUT2D eigenvalue weighted by atomic mass is 10.2. The molecule has 2 amide bonds. The van der Waals surface area contributed by atoms with Crippen molar-refractivity contribution >= 4 is 29.3 Å². The number of anilines is 1. The first-order valence-corrected chi connectivity index (χ1v) is 6.31. The van der Waals surface area contributed by atoms with Gasteiger partial charge in [-0.25, -0.2) is 4.90 Å². The third-order valence-electron chi connectivity index (χ3n) is 2.28. The lowest BCUT2D eigenvalue weighted by Gasteiger charge is -2.24. The van der Waals surface area contributed by atoms with E-state index in [1.165, 1.54) is 23.9 Å². The fourth-order valence-electron chi connectivity index (χ4n) is 1.58. The molecule has 1 fully saturated rings. The van der Waals surface area contributed by atoms with Crippen molar-refractivity contribution < 1.29 is 27.5 Å². The first-order chi connectivity index (χ1) is 8.87. The molecular formula is C11H8F3NO3S. The van der Waals surface area contributed by atoms with Crippen molar-refractivity contribution in [1.29, 1.82) is 0 Å². The molecule has 0 saturated carbocycles. The van der Waals surface area contributed by atoms with Gasteiger partial charge in [-0.2, -0.15) is 0 Å². The van der Waals surface area contributed by atoms with Crippen molar-refractivity contribution in [2.75, 3.05) is 16.4 Å². The van der Waals surface area contributed by atoms with E-state index >= 15 is 0 Å². The van der Waals surface area contributed by atoms with Crippen LogP contribution in [0.2, 0.25) is 0 Å². The summed E-state index contributed by atoms with van der Waals surface area (Å²) in [6, 6.07) is 4.61. The zero-order valence-corrected chi connectivity index (χ0v) is 10.3. The smallest absolute Gasteiger partial charge is 0.406 e. The van der Waals surface area contributed by atoms with Crippen LogP contribution in [0.3, 0.4) is 0 Å². The maximum atomic E-state index is 12.0. The highest BCUT2D eigenvalue weighted by Crippen LogP contribution is 2.27. The van der Waals surface area contributed by atoms with Gasteiger partial charge in [-0.05, 0) is 24.3 Å². The molecule has 1 saturated heterocycles. The summed E-state index contributed by atoms with van der Waals surface area (Å²) in [5.74, 6) is -0.821. The van der Waals surface area contributed by atoms with Crippen molar-refractivity contribution in [1.82, 2.24) is 0 Å². The van der Waals surface area contributed by atoms with Crippen LogP contribution in [0.1, 0.15) is 0 Å². The molecule has 1 aromatic carbocycles. The summed E-state index contributed by atoms with van der Waals surface area (Å²) in [4.78, 5) is 24.1. The molecule has 0 atom stereocenters. The Balaban J connectivity index is 2.18. The Morgan fingerprint density at radius 1 is 1.05 bits per heavy atom. The number of hydrogen-bond donors (Lipinski definition) is 0. The second-order valence-electron chi connectivity index (χ2n) is 3.66. The minimum atomic E-state index is -4.77. The summed E-state index contributed by atoms with van der Waals surface area (Å²) >= 11 is 1.21. The molecule has 2 rings (SSSR count). The van der Waals surface area contributed by atoms with Crippen LogP contribution in [0.25, 0.3) is 0 Å². The standard InChI is InChI=1S/C11H8F3NO3S/c12-11(13,14)18-8-3-1-7(2-4-8)15-9(16)5-19-6-10(15)17/h1-4H,5-6H2. The van der Waals surface area contributed by atoms with Crippen molar-refractivity contribution in [2.24, 2.45) is 0 Å². The highest BCUT2D eigenvalue weighted by Gasteiger charge is 2.31. The molecule has 0 N–H and O–H groups in total. The maximum absolute atomic E-state index is 12.0. The van der Waals surface area contributed by atoms with Crippen molar-refractivity contribution in [3.63, 3.8) is 0 Å². The molecule has 0 aliphatic carbocycles. The topological polar surface area (TPSA) is 46.6 Å². The SMILES string of the molecule is O=C1CSCC(=O)N1c1ccc(OC(F)(F)F)cc1. The van der Waals surface area contributed by atoms with E-state index in [1.54, 1.807) is 0 Å². The molecule has 0 aromatic heterocycles. The number of carbonyl (C=O) groups excluding carboxylic acids is 2. The molecule has 102 valence electrons. The van der Waals surface area contributed by atoms with Gasteiger partial charge in [0.15, 0.2) is 0 Å². The minimum Gasteiger partial charge on any atom is -0.406 e. The Morgan fingerprint density at radius 2 is 1.58 bits per heavy atom. The lowest BCUT2D eigenvalue weighted by molar-refractivity contribution is -0.274. The Bertz CT molecular complexity index is 485. The lowest BCUT2D eigenvalue weighted by Crippen LogP contribution is -2.43. The average molecular weight is 291 g/mol. The summed E-state index contributed by atoms with van der Waals surface area (Å²) in [7, 11) is 0. The number of thioether (sulfide) groups is 1. The van der Waals surface area contributed by atoms with Gasteiger partial charge in [0, 0.05) is 0 Å². The number of ether oxygens (including phenoxy) is 1. The van der Waals surface area contributed by atoms with Gasteiger partial charge in [0.05, 0.1) is 17.2 Å². The van der Waals surface area contributed by atoms with Crippen molar-refractivity contribution in [2.45, 2.75) is 6.36 Å². The van der Waals surface area contributed by atoms with Gasteiger partial charge >= 0.3 is 6.36 Å². The summed E-state index contributed by atoms with van der Waals surface area (Å²) in [5.41, 5.74) is 0.241.